The SMILES string of the molecule is COc1ccc(-c2nnc(SCc3noc(C)n3)n2-c2ccc(Cl)cc2)cc1. The number of aryl methyl sites for hydroxylation is 1. The van der Waals surface area contributed by atoms with Crippen molar-refractivity contribution in [3.05, 3.63) is 65.3 Å². The Morgan fingerprint density at radius 3 is 2.46 bits per heavy atom. The summed E-state index contributed by atoms with van der Waals surface area (Å²) in [6.45, 7) is 1.76. The number of thioether (sulfide) groups is 1. The lowest BCUT2D eigenvalue weighted by Gasteiger charge is -2.10. The fourth-order valence-corrected chi connectivity index (χ4v) is 3.56. The van der Waals surface area contributed by atoms with Gasteiger partial charge in [-0.2, -0.15) is 4.98 Å². The van der Waals surface area contributed by atoms with Gasteiger partial charge in [0.05, 0.1) is 12.9 Å². The fraction of sp³-hybridized carbons (Fsp3) is 0.158. The highest BCUT2D eigenvalue weighted by molar-refractivity contribution is 7.98. The van der Waals surface area contributed by atoms with E-state index in [1.807, 2.05) is 53.1 Å². The quantitative estimate of drug-likeness (QED) is 0.428. The lowest BCUT2D eigenvalue weighted by molar-refractivity contribution is 0.389. The zero-order valence-corrected chi connectivity index (χ0v) is 16.7. The van der Waals surface area contributed by atoms with E-state index in [4.69, 9.17) is 20.9 Å². The van der Waals surface area contributed by atoms with E-state index >= 15 is 0 Å². The van der Waals surface area contributed by atoms with E-state index < -0.39 is 0 Å². The number of methoxy groups -OCH3 is 1. The molecule has 0 bridgehead atoms. The molecule has 0 fully saturated rings. The molecular weight excluding hydrogens is 398 g/mol. The molecule has 4 rings (SSSR count). The molecule has 28 heavy (non-hydrogen) atoms. The van der Waals surface area contributed by atoms with Crippen molar-refractivity contribution in [1.29, 1.82) is 0 Å². The van der Waals surface area contributed by atoms with Crippen LogP contribution in [0.25, 0.3) is 17.1 Å². The van der Waals surface area contributed by atoms with Crippen molar-refractivity contribution in [2.45, 2.75) is 17.8 Å². The second kappa shape index (κ2) is 8.04. The summed E-state index contributed by atoms with van der Waals surface area (Å²) in [5.74, 6) is 3.17. The van der Waals surface area contributed by atoms with Crippen LogP contribution in [0.2, 0.25) is 5.02 Å². The first-order chi connectivity index (χ1) is 13.6. The Balaban J connectivity index is 1.72. The maximum Gasteiger partial charge on any atom is 0.223 e. The molecule has 0 unspecified atom stereocenters. The number of rotatable bonds is 6. The van der Waals surface area contributed by atoms with Gasteiger partial charge in [0.2, 0.25) is 5.89 Å². The third-order valence-corrected chi connectivity index (χ3v) is 5.14. The van der Waals surface area contributed by atoms with Crippen molar-refractivity contribution >= 4 is 23.4 Å². The molecule has 0 amide bonds. The van der Waals surface area contributed by atoms with Crippen LogP contribution in [-0.2, 0) is 5.75 Å². The minimum absolute atomic E-state index is 0.520. The van der Waals surface area contributed by atoms with Crippen molar-refractivity contribution in [3.63, 3.8) is 0 Å². The Morgan fingerprint density at radius 1 is 1.07 bits per heavy atom. The fourth-order valence-electron chi connectivity index (χ4n) is 2.64. The number of nitrogens with zero attached hydrogens (tertiary/aromatic N) is 5. The summed E-state index contributed by atoms with van der Waals surface area (Å²) in [5.41, 5.74) is 1.83. The Hall–Kier alpha value is -2.84. The average Bonchev–Trinajstić information content (AvgIpc) is 3.33. The maximum absolute atomic E-state index is 6.06. The molecule has 142 valence electrons. The number of aromatic nitrogens is 5. The van der Waals surface area contributed by atoms with Gasteiger partial charge in [0.15, 0.2) is 16.8 Å². The summed E-state index contributed by atoms with van der Waals surface area (Å²) in [6, 6.07) is 15.2. The lowest BCUT2D eigenvalue weighted by atomic mass is 10.2. The summed E-state index contributed by atoms with van der Waals surface area (Å²) in [4.78, 5) is 4.24. The van der Waals surface area contributed by atoms with Gasteiger partial charge in [-0.05, 0) is 48.5 Å². The summed E-state index contributed by atoms with van der Waals surface area (Å²) in [6.07, 6.45) is 0. The van der Waals surface area contributed by atoms with Crippen LogP contribution >= 0.6 is 23.4 Å². The smallest absolute Gasteiger partial charge is 0.223 e. The maximum atomic E-state index is 6.06. The molecule has 0 aliphatic rings. The Bertz CT molecular complexity index is 1080. The normalized spacial score (nSPS) is 11.0. The number of ether oxygens (including phenoxy) is 1. The zero-order valence-electron chi connectivity index (χ0n) is 15.2. The summed E-state index contributed by atoms with van der Waals surface area (Å²) in [5, 5.41) is 14.1. The largest absolute Gasteiger partial charge is 0.497 e. The van der Waals surface area contributed by atoms with Crippen LogP contribution < -0.4 is 4.74 Å². The highest BCUT2D eigenvalue weighted by Crippen LogP contribution is 2.30. The Kier molecular flexibility index (Phi) is 5.31. The van der Waals surface area contributed by atoms with Gasteiger partial charge in [-0.3, -0.25) is 4.57 Å². The number of hydrogen-bond acceptors (Lipinski definition) is 7. The summed E-state index contributed by atoms with van der Waals surface area (Å²) < 4.78 is 12.3. The van der Waals surface area contributed by atoms with Crippen LogP contribution in [0.3, 0.4) is 0 Å². The van der Waals surface area contributed by atoms with E-state index in [1.54, 1.807) is 14.0 Å². The van der Waals surface area contributed by atoms with E-state index in [-0.39, 0.29) is 0 Å². The number of benzene rings is 2. The first-order valence-electron chi connectivity index (χ1n) is 8.42. The first-order valence-corrected chi connectivity index (χ1v) is 9.78. The van der Waals surface area contributed by atoms with Gasteiger partial charge in [-0.15, -0.1) is 10.2 Å². The molecule has 0 saturated heterocycles. The van der Waals surface area contributed by atoms with Gasteiger partial charge in [0.1, 0.15) is 5.75 Å². The molecule has 2 aromatic heterocycles. The highest BCUT2D eigenvalue weighted by atomic mass is 35.5. The third-order valence-electron chi connectivity index (χ3n) is 3.97. The van der Waals surface area contributed by atoms with Gasteiger partial charge in [0, 0.05) is 23.2 Å². The molecule has 9 heteroatoms. The standard InChI is InChI=1S/C19H16ClN5O2S/c1-12-21-17(24-27-12)11-28-19-23-22-18(13-3-9-16(26-2)10-4-13)25(19)15-7-5-14(20)6-8-15/h3-10H,11H2,1-2H3. The van der Waals surface area contributed by atoms with Gasteiger partial charge in [-0.1, -0.05) is 28.5 Å². The predicted molar refractivity (Wildman–Crippen MR) is 107 cm³/mol. The van der Waals surface area contributed by atoms with Gasteiger partial charge in [0.25, 0.3) is 0 Å². The van der Waals surface area contributed by atoms with Crippen molar-refractivity contribution in [2.24, 2.45) is 0 Å². The van der Waals surface area contributed by atoms with Crippen molar-refractivity contribution in [2.75, 3.05) is 7.11 Å². The van der Waals surface area contributed by atoms with Crippen LogP contribution in [0, 0.1) is 6.92 Å². The molecule has 2 aromatic carbocycles. The van der Waals surface area contributed by atoms with E-state index in [1.165, 1.54) is 11.8 Å². The minimum atomic E-state index is 0.520. The molecule has 0 N–H and O–H groups in total. The zero-order chi connectivity index (χ0) is 19.5. The van der Waals surface area contributed by atoms with E-state index in [2.05, 4.69) is 20.3 Å². The van der Waals surface area contributed by atoms with Crippen molar-refractivity contribution < 1.29 is 9.26 Å². The van der Waals surface area contributed by atoms with Gasteiger partial charge >= 0.3 is 0 Å². The molecule has 4 aromatic rings. The van der Waals surface area contributed by atoms with Gasteiger partial charge in [-0.25, -0.2) is 0 Å². The molecule has 2 heterocycles. The van der Waals surface area contributed by atoms with Crippen molar-refractivity contribution in [1.82, 2.24) is 24.9 Å². The molecule has 7 nitrogen and oxygen atoms in total. The second-order valence-electron chi connectivity index (χ2n) is 5.86. The highest BCUT2D eigenvalue weighted by Gasteiger charge is 2.17. The van der Waals surface area contributed by atoms with Crippen LogP contribution in [0.4, 0.5) is 0 Å². The van der Waals surface area contributed by atoms with E-state index in [0.29, 0.717) is 22.5 Å². The molecular formula is C19H16ClN5O2S. The summed E-state index contributed by atoms with van der Waals surface area (Å²) >= 11 is 7.54. The van der Waals surface area contributed by atoms with Crippen molar-refractivity contribution in [3.8, 4) is 22.8 Å². The third kappa shape index (κ3) is 3.88. The predicted octanol–water partition coefficient (Wildman–Crippen LogP) is 4.58. The minimum Gasteiger partial charge on any atom is -0.497 e. The summed E-state index contributed by atoms with van der Waals surface area (Å²) in [7, 11) is 1.64. The van der Waals surface area contributed by atoms with E-state index in [9.17, 15) is 0 Å². The first kappa shape index (κ1) is 18.5. The van der Waals surface area contributed by atoms with Gasteiger partial charge < -0.3 is 9.26 Å². The molecule has 0 atom stereocenters. The number of hydrogen-bond donors (Lipinski definition) is 0. The monoisotopic (exact) mass is 413 g/mol. The topological polar surface area (TPSA) is 78.9 Å². The van der Waals surface area contributed by atoms with Crippen LogP contribution in [0.5, 0.6) is 5.75 Å². The Morgan fingerprint density at radius 2 is 1.82 bits per heavy atom. The van der Waals surface area contributed by atoms with Crippen LogP contribution in [0.15, 0.2) is 58.2 Å². The Labute approximate surface area is 170 Å². The molecule has 0 aliphatic carbocycles. The number of halogens is 1. The van der Waals surface area contributed by atoms with E-state index in [0.717, 1.165) is 28.0 Å². The van der Waals surface area contributed by atoms with Crippen LogP contribution in [-0.4, -0.2) is 32.0 Å². The molecule has 0 spiro atoms. The average molecular weight is 414 g/mol. The second-order valence-corrected chi connectivity index (χ2v) is 7.24. The molecule has 0 saturated carbocycles. The lowest BCUT2D eigenvalue weighted by Crippen LogP contribution is -2.00. The molecule has 0 aliphatic heterocycles. The van der Waals surface area contributed by atoms with Crippen LogP contribution in [0.1, 0.15) is 11.7 Å². The molecule has 0 radical (unpaired) electrons.